The molecule has 0 spiro atoms. The lowest BCUT2D eigenvalue weighted by Crippen LogP contribution is -2.29. The van der Waals surface area contributed by atoms with Gasteiger partial charge in [0, 0.05) is 32.0 Å². The molecule has 0 aromatic carbocycles. The summed E-state index contributed by atoms with van der Waals surface area (Å²) in [7, 11) is 2.03. The van der Waals surface area contributed by atoms with Crippen LogP contribution in [0.3, 0.4) is 0 Å². The van der Waals surface area contributed by atoms with E-state index in [0.717, 1.165) is 19.0 Å². The highest BCUT2D eigenvalue weighted by molar-refractivity contribution is 5.34. The summed E-state index contributed by atoms with van der Waals surface area (Å²) in [4.78, 5) is 6.71. The van der Waals surface area contributed by atoms with Gasteiger partial charge in [0.2, 0.25) is 5.95 Å². The van der Waals surface area contributed by atoms with E-state index < -0.39 is 0 Å². The van der Waals surface area contributed by atoms with E-state index in [2.05, 4.69) is 21.4 Å². The van der Waals surface area contributed by atoms with Crippen LogP contribution in [0.5, 0.6) is 0 Å². The van der Waals surface area contributed by atoms with E-state index in [1.165, 1.54) is 6.42 Å². The molecule has 2 heterocycles. The van der Waals surface area contributed by atoms with Crippen molar-refractivity contribution in [2.45, 2.75) is 19.4 Å². The molecule has 78 valence electrons. The zero-order chi connectivity index (χ0) is 10.1. The van der Waals surface area contributed by atoms with E-state index in [-0.39, 0.29) is 0 Å². The first kappa shape index (κ1) is 9.52. The Morgan fingerprint density at radius 1 is 1.64 bits per heavy atom. The van der Waals surface area contributed by atoms with E-state index in [1.807, 2.05) is 19.4 Å². The molecule has 0 aliphatic carbocycles. The van der Waals surface area contributed by atoms with E-state index in [4.69, 9.17) is 5.73 Å². The summed E-state index contributed by atoms with van der Waals surface area (Å²) in [6.45, 7) is 4.07. The molecular formula is C10H18N4. The minimum absolute atomic E-state index is 0.560. The van der Waals surface area contributed by atoms with Gasteiger partial charge in [-0.15, -0.1) is 0 Å². The highest BCUT2D eigenvalue weighted by atomic mass is 15.3. The van der Waals surface area contributed by atoms with Crippen molar-refractivity contribution in [2.75, 3.05) is 18.0 Å². The lowest BCUT2D eigenvalue weighted by Gasteiger charge is -2.22. The summed E-state index contributed by atoms with van der Waals surface area (Å²) in [5.41, 5.74) is 5.70. The fourth-order valence-electron chi connectivity index (χ4n) is 2.23. The van der Waals surface area contributed by atoms with Gasteiger partial charge in [-0.2, -0.15) is 0 Å². The van der Waals surface area contributed by atoms with Gasteiger partial charge in [-0.25, -0.2) is 4.98 Å². The second-order valence-corrected chi connectivity index (χ2v) is 4.18. The van der Waals surface area contributed by atoms with Gasteiger partial charge in [-0.1, -0.05) is 0 Å². The summed E-state index contributed by atoms with van der Waals surface area (Å²) >= 11 is 0. The van der Waals surface area contributed by atoms with Crippen LogP contribution in [-0.2, 0) is 7.05 Å². The van der Waals surface area contributed by atoms with Crippen molar-refractivity contribution in [3.05, 3.63) is 12.4 Å². The van der Waals surface area contributed by atoms with Crippen LogP contribution in [0.15, 0.2) is 12.4 Å². The van der Waals surface area contributed by atoms with E-state index >= 15 is 0 Å². The molecule has 0 saturated carbocycles. The van der Waals surface area contributed by atoms with Gasteiger partial charge in [0.15, 0.2) is 0 Å². The largest absolute Gasteiger partial charge is 0.339 e. The van der Waals surface area contributed by atoms with Crippen molar-refractivity contribution in [3.8, 4) is 0 Å². The molecule has 4 heteroatoms. The summed E-state index contributed by atoms with van der Waals surface area (Å²) in [6.07, 6.45) is 5.01. The zero-order valence-electron chi connectivity index (χ0n) is 8.85. The predicted octanol–water partition coefficient (Wildman–Crippen LogP) is 0.594. The molecule has 0 bridgehead atoms. The van der Waals surface area contributed by atoms with Crippen LogP contribution < -0.4 is 10.6 Å². The average molecular weight is 194 g/mol. The molecule has 4 nitrogen and oxygen atoms in total. The molecule has 1 fully saturated rings. The van der Waals surface area contributed by atoms with Crippen LogP contribution >= 0.6 is 0 Å². The molecule has 1 saturated heterocycles. The number of anilines is 1. The molecule has 2 atom stereocenters. The first-order valence-corrected chi connectivity index (χ1v) is 5.16. The minimum Gasteiger partial charge on any atom is -0.339 e. The molecule has 1 aromatic heterocycles. The predicted molar refractivity (Wildman–Crippen MR) is 57.2 cm³/mol. The fourth-order valence-corrected chi connectivity index (χ4v) is 2.23. The van der Waals surface area contributed by atoms with Crippen molar-refractivity contribution in [2.24, 2.45) is 18.7 Å². The summed E-state index contributed by atoms with van der Waals surface area (Å²) in [5.74, 6) is 1.69. The maximum absolute atomic E-state index is 5.70. The van der Waals surface area contributed by atoms with Crippen molar-refractivity contribution in [1.29, 1.82) is 0 Å². The quantitative estimate of drug-likeness (QED) is 0.749. The number of nitrogens with zero attached hydrogens (tertiary/aromatic N) is 3. The van der Waals surface area contributed by atoms with Crippen LogP contribution in [-0.4, -0.2) is 28.7 Å². The van der Waals surface area contributed by atoms with Gasteiger partial charge < -0.3 is 15.2 Å². The van der Waals surface area contributed by atoms with Gasteiger partial charge in [0.05, 0.1) is 0 Å². The topological polar surface area (TPSA) is 47.1 Å². The van der Waals surface area contributed by atoms with Crippen LogP contribution in [0, 0.1) is 5.92 Å². The van der Waals surface area contributed by atoms with Crippen molar-refractivity contribution >= 4 is 5.95 Å². The first-order chi connectivity index (χ1) is 6.72. The Balaban J connectivity index is 2.16. The van der Waals surface area contributed by atoms with Crippen LogP contribution in [0.2, 0.25) is 0 Å². The highest BCUT2D eigenvalue weighted by Gasteiger charge is 2.29. The second kappa shape index (κ2) is 3.61. The van der Waals surface area contributed by atoms with Gasteiger partial charge >= 0.3 is 0 Å². The monoisotopic (exact) mass is 194 g/mol. The Morgan fingerprint density at radius 3 is 2.93 bits per heavy atom. The Morgan fingerprint density at radius 2 is 2.43 bits per heavy atom. The molecule has 1 aliphatic rings. The van der Waals surface area contributed by atoms with Crippen molar-refractivity contribution in [3.63, 3.8) is 0 Å². The van der Waals surface area contributed by atoms with Gasteiger partial charge in [0.25, 0.3) is 0 Å². The normalized spacial score (nSPS) is 27.2. The molecular weight excluding hydrogens is 176 g/mol. The minimum atomic E-state index is 0.560. The number of aryl methyl sites for hydroxylation is 1. The number of hydrogen-bond donors (Lipinski definition) is 1. The van der Waals surface area contributed by atoms with Gasteiger partial charge in [-0.3, -0.25) is 0 Å². The highest BCUT2D eigenvalue weighted by Crippen LogP contribution is 2.26. The summed E-state index contributed by atoms with van der Waals surface area (Å²) < 4.78 is 2.06. The third-order valence-electron chi connectivity index (χ3n) is 3.05. The smallest absolute Gasteiger partial charge is 0.205 e. The Labute approximate surface area is 84.7 Å². The summed E-state index contributed by atoms with van der Waals surface area (Å²) in [6, 6.07) is 0.560. The third kappa shape index (κ3) is 1.50. The fraction of sp³-hybridized carbons (Fsp3) is 0.700. The van der Waals surface area contributed by atoms with E-state index in [9.17, 15) is 0 Å². The lowest BCUT2D eigenvalue weighted by molar-refractivity contribution is 0.579. The SMILES string of the molecule is CC1CC(CN)CN1c1nccn1C. The first-order valence-electron chi connectivity index (χ1n) is 5.16. The van der Waals surface area contributed by atoms with Crippen molar-refractivity contribution in [1.82, 2.24) is 9.55 Å². The molecule has 1 aromatic rings. The molecule has 0 amide bonds. The Bertz CT molecular complexity index is 307. The average Bonchev–Trinajstić information content (AvgIpc) is 2.72. The van der Waals surface area contributed by atoms with Crippen LogP contribution in [0.4, 0.5) is 5.95 Å². The standard InChI is InChI=1S/C10H18N4/c1-8-5-9(6-11)7-14(8)10-12-3-4-13(10)2/h3-4,8-9H,5-7,11H2,1-2H3. The molecule has 14 heavy (non-hydrogen) atoms. The van der Waals surface area contributed by atoms with Gasteiger partial charge in [0.1, 0.15) is 0 Å². The van der Waals surface area contributed by atoms with Gasteiger partial charge in [-0.05, 0) is 25.8 Å². The number of rotatable bonds is 2. The number of nitrogens with two attached hydrogens (primary N) is 1. The molecule has 0 radical (unpaired) electrons. The lowest BCUT2D eigenvalue weighted by atomic mass is 10.1. The van der Waals surface area contributed by atoms with Crippen LogP contribution in [0.25, 0.3) is 0 Å². The second-order valence-electron chi connectivity index (χ2n) is 4.18. The van der Waals surface area contributed by atoms with Crippen molar-refractivity contribution < 1.29 is 0 Å². The number of hydrogen-bond acceptors (Lipinski definition) is 3. The van der Waals surface area contributed by atoms with E-state index in [1.54, 1.807) is 0 Å². The molecule has 2 N–H and O–H groups in total. The molecule has 2 unspecified atom stereocenters. The van der Waals surface area contributed by atoms with Crippen LogP contribution in [0.1, 0.15) is 13.3 Å². The molecule has 1 aliphatic heterocycles. The zero-order valence-corrected chi connectivity index (χ0v) is 8.85. The maximum atomic E-state index is 5.70. The third-order valence-corrected chi connectivity index (χ3v) is 3.05. The maximum Gasteiger partial charge on any atom is 0.205 e. The summed E-state index contributed by atoms with van der Waals surface area (Å²) in [5, 5.41) is 0. The Kier molecular flexibility index (Phi) is 2.46. The molecule has 2 rings (SSSR count). The van der Waals surface area contributed by atoms with E-state index in [0.29, 0.717) is 12.0 Å². The Hall–Kier alpha value is -1.03. The number of aromatic nitrogens is 2. The number of imidazole rings is 1.